The van der Waals surface area contributed by atoms with Crippen molar-refractivity contribution >= 4 is 51.6 Å². The van der Waals surface area contributed by atoms with E-state index in [2.05, 4.69) is 27.6 Å². The zero-order valence-electron chi connectivity index (χ0n) is 11.4. The Bertz CT molecular complexity index is 745. The molecule has 1 aliphatic heterocycles. The molecule has 110 valence electrons. The van der Waals surface area contributed by atoms with Gasteiger partial charge in [0.15, 0.2) is 0 Å². The molecule has 0 aliphatic carbocycles. The predicted molar refractivity (Wildman–Crippen MR) is 94.9 cm³/mol. The highest BCUT2D eigenvalue weighted by Crippen LogP contribution is 2.33. The molecule has 1 aromatic carbocycles. The molecule has 0 N–H and O–H groups in total. The van der Waals surface area contributed by atoms with Crippen LogP contribution in [0, 0.1) is 3.57 Å². The fourth-order valence-electron chi connectivity index (χ4n) is 2.02. The summed E-state index contributed by atoms with van der Waals surface area (Å²) in [6, 6.07) is 11.4. The lowest BCUT2D eigenvalue weighted by Crippen LogP contribution is -2.27. The van der Waals surface area contributed by atoms with E-state index >= 15 is 0 Å². The maximum atomic E-state index is 12.4. The van der Waals surface area contributed by atoms with E-state index in [9.17, 15) is 9.59 Å². The Morgan fingerprint density at radius 1 is 1.18 bits per heavy atom. The minimum absolute atomic E-state index is 0.237. The van der Waals surface area contributed by atoms with E-state index in [4.69, 9.17) is 0 Å². The largest absolute Gasteiger partial charge is 0.293 e. The number of hydrogen-bond acceptors (Lipinski definition) is 4. The molecule has 0 spiro atoms. The van der Waals surface area contributed by atoms with Crippen molar-refractivity contribution in [2.24, 2.45) is 0 Å². The van der Waals surface area contributed by atoms with Gasteiger partial charge in [0.2, 0.25) is 0 Å². The molecule has 2 heterocycles. The van der Waals surface area contributed by atoms with Gasteiger partial charge < -0.3 is 0 Å². The standard InChI is InChI=1S/C16H11IN2O2S/c17-13-5-3-11(4-6-13)10-19-15(20)14(22-16(19)21)8-12-2-1-7-18-9-12/h1-9H,10H2/b14-8-. The monoisotopic (exact) mass is 422 g/mol. The lowest BCUT2D eigenvalue weighted by atomic mass is 10.2. The second-order valence-corrected chi connectivity index (χ2v) is 6.92. The maximum absolute atomic E-state index is 12.4. The third kappa shape index (κ3) is 3.38. The predicted octanol–water partition coefficient (Wildman–Crippen LogP) is 3.92. The van der Waals surface area contributed by atoms with Gasteiger partial charge in [-0.3, -0.25) is 19.5 Å². The van der Waals surface area contributed by atoms with Crippen LogP contribution in [0.25, 0.3) is 6.08 Å². The normalized spacial score (nSPS) is 16.6. The Hall–Kier alpha value is -1.67. The molecule has 1 fully saturated rings. The highest BCUT2D eigenvalue weighted by Gasteiger charge is 2.34. The van der Waals surface area contributed by atoms with Crippen LogP contribution in [-0.4, -0.2) is 21.0 Å². The zero-order valence-corrected chi connectivity index (χ0v) is 14.4. The van der Waals surface area contributed by atoms with Gasteiger partial charge in [-0.15, -0.1) is 0 Å². The van der Waals surface area contributed by atoms with E-state index in [0.29, 0.717) is 11.4 Å². The molecule has 1 saturated heterocycles. The van der Waals surface area contributed by atoms with Crippen molar-refractivity contribution in [3.8, 4) is 0 Å². The molecule has 0 bridgehead atoms. The molecule has 1 aliphatic rings. The third-order valence-electron chi connectivity index (χ3n) is 3.11. The second kappa shape index (κ2) is 6.62. The van der Waals surface area contributed by atoms with Crippen molar-refractivity contribution < 1.29 is 9.59 Å². The van der Waals surface area contributed by atoms with E-state index in [1.165, 1.54) is 4.90 Å². The number of imide groups is 1. The smallest absolute Gasteiger partial charge is 0.268 e. The number of halogens is 1. The highest BCUT2D eigenvalue weighted by molar-refractivity contribution is 14.1. The first-order valence-corrected chi connectivity index (χ1v) is 8.43. The lowest BCUT2D eigenvalue weighted by Gasteiger charge is -2.12. The van der Waals surface area contributed by atoms with Gasteiger partial charge in [0, 0.05) is 16.0 Å². The number of carbonyl (C=O) groups excluding carboxylic acids is 2. The van der Waals surface area contributed by atoms with Gasteiger partial charge in [-0.2, -0.15) is 0 Å². The number of carbonyl (C=O) groups is 2. The van der Waals surface area contributed by atoms with Crippen LogP contribution in [0.15, 0.2) is 53.7 Å². The Labute approximate surface area is 145 Å². The molecule has 0 unspecified atom stereocenters. The Morgan fingerprint density at radius 2 is 1.95 bits per heavy atom. The average Bonchev–Trinajstić information content (AvgIpc) is 2.78. The van der Waals surface area contributed by atoms with E-state index in [0.717, 1.165) is 26.5 Å². The van der Waals surface area contributed by atoms with Crippen molar-refractivity contribution in [3.63, 3.8) is 0 Å². The topological polar surface area (TPSA) is 50.3 Å². The molecule has 0 radical (unpaired) electrons. The van der Waals surface area contributed by atoms with Crippen LogP contribution >= 0.6 is 34.4 Å². The summed E-state index contributed by atoms with van der Waals surface area (Å²) in [5.41, 5.74) is 1.74. The van der Waals surface area contributed by atoms with Crippen molar-refractivity contribution in [2.75, 3.05) is 0 Å². The molecule has 6 heteroatoms. The van der Waals surface area contributed by atoms with Gasteiger partial charge in [0.1, 0.15) is 0 Å². The number of rotatable bonds is 3. The van der Waals surface area contributed by atoms with Gasteiger partial charge in [-0.25, -0.2) is 0 Å². The first-order valence-electron chi connectivity index (χ1n) is 6.53. The summed E-state index contributed by atoms with van der Waals surface area (Å²) in [6.07, 6.45) is 5.03. The molecular formula is C16H11IN2O2S. The summed E-state index contributed by atoms with van der Waals surface area (Å²) in [5.74, 6) is -0.252. The van der Waals surface area contributed by atoms with Gasteiger partial charge in [-0.1, -0.05) is 18.2 Å². The quantitative estimate of drug-likeness (QED) is 0.556. The number of aromatic nitrogens is 1. The van der Waals surface area contributed by atoms with Crippen molar-refractivity contribution in [1.82, 2.24) is 9.88 Å². The molecule has 1 aromatic heterocycles. The first-order chi connectivity index (χ1) is 10.6. The zero-order chi connectivity index (χ0) is 15.5. The van der Waals surface area contributed by atoms with Crippen LogP contribution in [-0.2, 0) is 11.3 Å². The average molecular weight is 422 g/mol. The van der Waals surface area contributed by atoms with Gasteiger partial charge in [0.05, 0.1) is 11.4 Å². The molecule has 2 aromatic rings. The minimum Gasteiger partial charge on any atom is -0.268 e. The number of pyridine rings is 1. The fraction of sp³-hybridized carbons (Fsp3) is 0.0625. The summed E-state index contributed by atoms with van der Waals surface area (Å²) in [5, 5.41) is -0.237. The minimum atomic E-state index is -0.252. The van der Waals surface area contributed by atoms with Crippen molar-refractivity contribution in [3.05, 3.63) is 68.4 Å². The van der Waals surface area contributed by atoms with Gasteiger partial charge >= 0.3 is 0 Å². The molecule has 0 saturated carbocycles. The molecule has 22 heavy (non-hydrogen) atoms. The van der Waals surface area contributed by atoms with E-state index in [1.54, 1.807) is 24.5 Å². The van der Waals surface area contributed by atoms with Crippen molar-refractivity contribution in [2.45, 2.75) is 6.54 Å². The Balaban J connectivity index is 1.80. The van der Waals surface area contributed by atoms with E-state index in [1.807, 2.05) is 30.3 Å². The Morgan fingerprint density at radius 3 is 2.64 bits per heavy atom. The summed E-state index contributed by atoms with van der Waals surface area (Å²) >= 11 is 3.19. The molecular weight excluding hydrogens is 411 g/mol. The van der Waals surface area contributed by atoms with Crippen LogP contribution < -0.4 is 0 Å². The number of amides is 2. The summed E-state index contributed by atoms with van der Waals surface area (Å²) in [4.78, 5) is 30.2. The molecule has 3 rings (SSSR count). The second-order valence-electron chi connectivity index (χ2n) is 4.68. The number of hydrogen-bond donors (Lipinski definition) is 0. The van der Waals surface area contributed by atoms with Gasteiger partial charge in [0.25, 0.3) is 11.1 Å². The molecule has 4 nitrogen and oxygen atoms in total. The number of nitrogens with zero attached hydrogens (tertiary/aromatic N) is 2. The summed E-state index contributed by atoms with van der Waals surface area (Å²) in [6.45, 7) is 0.298. The number of thioether (sulfide) groups is 1. The third-order valence-corrected chi connectivity index (χ3v) is 4.74. The highest BCUT2D eigenvalue weighted by atomic mass is 127. The first kappa shape index (κ1) is 15.2. The van der Waals surface area contributed by atoms with E-state index in [-0.39, 0.29) is 11.1 Å². The fourth-order valence-corrected chi connectivity index (χ4v) is 3.22. The summed E-state index contributed by atoms with van der Waals surface area (Å²) < 4.78 is 1.12. The SMILES string of the molecule is O=C1S/C(=C\c2cccnc2)C(=O)N1Cc1ccc(I)cc1. The van der Waals surface area contributed by atoms with Crippen LogP contribution in [0.4, 0.5) is 4.79 Å². The summed E-state index contributed by atoms with van der Waals surface area (Å²) in [7, 11) is 0. The van der Waals surface area contributed by atoms with Gasteiger partial charge in [-0.05, 0) is 69.8 Å². The molecule has 0 atom stereocenters. The maximum Gasteiger partial charge on any atom is 0.293 e. The molecule has 2 amide bonds. The van der Waals surface area contributed by atoms with Crippen LogP contribution in [0.5, 0.6) is 0 Å². The van der Waals surface area contributed by atoms with Crippen LogP contribution in [0.1, 0.15) is 11.1 Å². The lowest BCUT2D eigenvalue weighted by molar-refractivity contribution is -0.123. The van der Waals surface area contributed by atoms with E-state index < -0.39 is 0 Å². The number of benzene rings is 1. The van der Waals surface area contributed by atoms with Crippen LogP contribution in [0.3, 0.4) is 0 Å². The van der Waals surface area contributed by atoms with Crippen molar-refractivity contribution in [1.29, 1.82) is 0 Å². The Kier molecular flexibility index (Phi) is 4.58. The van der Waals surface area contributed by atoms with Crippen LogP contribution in [0.2, 0.25) is 0 Å².